The fourth-order valence-electron chi connectivity index (χ4n) is 2.05. The maximum atomic E-state index is 13.1. The number of esters is 1. The largest absolute Gasteiger partial charge is 0.467 e. The quantitative estimate of drug-likeness (QED) is 0.720. The molecule has 0 heterocycles. The minimum absolute atomic E-state index is 0.147. The molecule has 1 unspecified atom stereocenters. The van der Waals surface area contributed by atoms with Crippen LogP contribution in [0.5, 0.6) is 0 Å². The molecule has 1 aromatic rings. The predicted molar refractivity (Wildman–Crippen MR) is 82.9 cm³/mol. The molecule has 0 radical (unpaired) electrons. The summed E-state index contributed by atoms with van der Waals surface area (Å²) in [5, 5.41) is 5.29. The number of rotatable bonds is 8. The predicted octanol–water partition coefficient (Wildman–Crippen LogP) is 2.61. The van der Waals surface area contributed by atoms with Gasteiger partial charge in [-0.1, -0.05) is 19.8 Å². The zero-order valence-corrected chi connectivity index (χ0v) is 13.5. The zero-order valence-electron chi connectivity index (χ0n) is 13.5. The average molecular weight is 328 g/mol. The SMILES string of the molecule is CCCCC(NC(=O)[C@H](C)Nc1cc(F)cc(F)c1)C(=O)OC. The zero-order chi connectivity index (χ0) is 17.4. The van der Waals surface area contributed by atoms with Gasteiger partial charge in [0.25, 0.3) is 0 Å². The van der Waals surface area contributed by atoms with Gasteiger partial charge in [0.05, 0.1) is 7.11 Å². The highest BCUT2D eigenvalue weighted by molar-refractivity contribution is 5.88. The summed E-state index contributed by atoms with van der Waals surface area (Å²) in [6, 6.07) is 1.41. The Labute approximate surface area is 134 Å². The number of hydrogen-bond acceptors (Lipinski definition) is 4. The van der Waals surface area contributed by atoms with Gasteiger partial charge in [-0.15, -0.1) is 0 Å². The number of methoxy groups -OCH3 is 1. The standard InChI is InChI=1S/C16H22F2N2O3/c1-4-5-6-14(16(22)23-3)20-15(21)10(2)19-13-8-11(17)7-12(18)9-13/h7-10,14,19H,4-6H2,1-3H3,(H,20,21)/t10-,14?/m0/s1. The number of benzene rings is 1. The van der Waals surface area contributed by atoms with Crippen LogP contribution in [0.2, 0.25) is 0 Å². The van der Waals surface area contributed by atoms with Crippen LogP contribution < -0.4 is 10.6 Å². The summed E-state index contributed by atoms with van der Waals surface area (Å²) < 4.78 is 30.9. The first-order valence-electron chi connectivity index (χ1n) is 7.48. The molecule has 0 bridgehead atoms. The Balaban J connectivity index is 2.68. The maximum Gasteiger partial charge on any atom is 0.328 e. The molecular formula is C16H22F2N2O3. The van der Waals surface area contributed by atoms with Crippen molar-refractivity contribution in [2.24, 2.45) is 0 Å². The highest BCUT2D eigenvalue weighted by atomic mass is 19.1. The van der Waals surface area contributed by atoms with Gasteiger partial charge >= 0.3 is 5.97 Å². The number of nitrogens with one attached hydrogen (secondary N) is 2. The van der Waals surface area contributed by atoms with E-state index in [0.717, 1.165) is 31.0 Å². The molecule has 1 aromatic carbocycles. The van der Waals surface area contributed by atoms with E-state index in [4.69, 9.17) is 0 Å². The van der Waals surface area contributed by atoms with Crippen molar-refractivity contribution in [1.29, 1.82) is 0 Å². The molecule has 0 saturated carbocycles. The second-order valence-corrected chi connectivity index (χ2v) is 5.25. The van der Waals surface area contributed by atoms with E-state index in [2.05, 4.69) is 15.4 Å². The number of ether oxygens (including phenoxy) is 1. The van der Waals surface area contributed by atoms with Gasteiger partial charge in [0.15, 0.2) is 0 Å². The van der Waals surface area contributed by atoms with Crippen molar-refractivity contribution < 1.29 is 23.1 Å². The lowest BCUT2D eigenvalue weighted by Crippen LogP contribution is -2.47. The summed E-state index contributed by atoms with van der Waals surface area (Å²) in [4.78, 5) is 23.8. The van der Waals surface area contributed by atoms with Gasteiger partial charge in [0, 0.05) is 11.8 Å². The van der Waals surface area contributed by atoms with E-state index in [-0.39, 0.29) is 5.69 Å². The van der Waals surface area contributed by atoms with Crippen molar-refractivity contribution in [3.8, 4) is 0 Å². The average Bonchev–Trinajstić information content (AvgIpc) is 2.49. The van der Waals surface area contributed by atoms with E-state index < -0.39 is 35.6 Å². The Bertz CT molecular complexity index is 532. The molecule has 0 spiro atoms. The van der Waals surface area contributed by atoms with E-state index in [1.165, 1.54) is 14.0 Å². The van der Waals surface area contributed by atoms with Gasteiger partial charge < -0.3 is 15.4 Å². The van der Waals surface area contributed by atoms with Gasteiger partial charge in [0.1, 0.15) is 23.7 Å². The minimum Gasteiger partial charge on any atom is -0.467 e. The molecule has 1 rings (SSSR count). The first-order chi connectivity index (χ1) is 10.9. The third-order valence-corrected chi connectivity index (χ3v) is 3.29. The second-order valence-electron chi connectivity index (χ2n) is 5.25. The van der Waals surface area contributed by atoms with Crippen LogP contribution >= 0.6 is 0 Å². The fourth-order valence-corrected chi connectivity index (χ4v) is 2.05. The highest BCUT2D eigenvalue weighted by Crippen LogP contribution is 2.14. The Morgan fingerprint density at radius 2 is 1.83 bits per heavy atom. The lowest BCUT2D eigenvalue weighted by Gasteiger charge is -2.20. The Hall–Kier alpha value is -2.18. The molecule has 0 saturated heterocycles. The van der Waals surface area contributed by atoms with E-state index >= 15 is 0 Å². The summed E-state index contributed by atoms with van der Waals surface area (Å²) in [6.45, 7) is 3.51. The van der Waals surface area contributed by atoms with Crippen LogP contribution in [-0.2, 0) is 14.3 Å². The summed E-state index contributed by atoms with van der Waals surface area (Å²) in [5.74, 6) is -2.46. The normalized spacial score (nSPS) is 13.1. The molecule has 5 nitrogen and oxygen atoms in total. The number of carbonyl (C=O) groups is 2. The monoisotopic (exact) mass is 328 g/mol. The van der Waals surface area contributed by atoms with Crippen molar-refractivity contribution >= 4 is 17.6 Å². The van der Waals surface area contributed by atoms with Crippen LogP contribution in [-0.4, -0.2) is 31.1 Å². The van der Waals surface area contributed by atoms with Crippen molar-refractivity contribution in [1.82, 2.24) is 5.32 Å². The van der Waals surface area contributed by atoms with E-state index in [0.29, 0.717) is 6.42 Å². The van der Waals surface area contributed by atoms with E-state index in [9.17, 15) is 18.4 Å². The molecular weight excluding hydrogens is 306 g/mol. The highest BCUT2D eigenvalue weighted by Gasteiger charge is 2.23. The fraction of sp³-hybridized carbons (Fsp3) is 0.500. The molecule has 1 amide bonds. The van der Waals surface area contributed by atoms with Crippen LogP contribution in [0.15, 0.2) is 18.2 Å². The van der Waals surface area contributed by atoms with Crippen molar-refractivity contribution in [2.75, 3.05) is 12.4 Å². The molecule has 7 heteroatoms. The minimum atomic E-state index is -0.773. The molecule has 128 valence electrons. The molecule has 0 aromatic heterocycles. The van der Waals surface area contributed by atoms with Crippen molar-refractivity contribution in [3.05, 3.63) is 29.8 Å². The van der Waals surface area contributed by atoms with E-state index in [1.54, 1.807) is 0 Å². The van der Waals surface area contributed by atoms with Crippen LogP contribution in [0.25, 0.3) is 0 Å². The Morgan fingerprint density at radius 1 is 1.22 bits per heavy atom. The maximum absolute atomic E-state index is 13.1. The molecule has 23 heavy (non-hydrogen) atoms. The number of anilines is 1. The van der Waals surface area contributed by atoms with Crippen LogP contribution in [0, 0.1) is 11.6 Å². The van der Waals surface area contributed by atoms with Gasteiger partial charge in [-0.25, -0.2) is 13.6 Å². The van der Waals surface area contributed by atoms with Gasteiger partial charge in [-0.2, -0.15) is 0 Å². The van der Waals surface area contributed by atoms with Gasteiger partial charge in [-0.3, -0.25) is 4.79 Å². The summed E-state index contributed by atoms with van der Waals surface area (Å²) >= 11 is 0. The summed E-state index contributed by atoms with van der Waals surface area (Å²) in [7, 11) is 1.25. The van der Waals surface area contributed by atoms with Crippen molar-refractivity contribution in [3.63, 3.8) is 0 Å². The third-order valence-electron chi connectivity index (χ3n) is 3.29. The van der Waals surface area contributed by atoms with Crippen LogP contribution in [0.3, 0.4) is 0 Å². The Kier molecular flexibility index (Phi) is 7.44. The lowest BCUT2D eigenvalue weighted by atomic mass is 10.1. The molecule has 2 atom stereocenters. The molecule has 0 aliphatic heterocycles. The number of hydrogen-bond donors (Lipinski definition) is 2. The number of carbonyl (C=O) groups excluding carboxylic acids is 2. The number of halogens is 2. The lowest BCUT2D eigenvalue weighted by molar-refractivity contribution is -0.145. The smallest absolute Gasteiger partial charge is 0.328 e. The number of amides is 1. The summed E-state index contributed by atoms with van der Waals surface area (Å²) in [6.07, 6.45) is 2.10. The van der Waals surface area contributed by atoms with Crippen LogP contribution in [0.4, 0.5) is 14.5 Å². The summed E-state index contributed by atoms with van der Waals surface area (Å²) in [5.41, 5.74) is 0.147. The third kappa shape index (κ3) is 6.22. The van der Waals surface area contributed by atoms with Crippen molar-refractivity contribution in [2.45, 2.75) is 45.2 Å². The first kappa shape index (κ1) is 18.9. The van der Waals surface area contributed by atoms with Crippen LogP contribution in [0.1, 0.15) is 33.1 Å². The molecule has 0 aliphatic rings. The molecule has 0 fully saturated rings. The second kappa shape index (κ2) is 9.07. The molecule has 0 aliphatic carbocycles. The van der Waals surface area contributed by atoms with E-state index in [1.807, 2.05) is 6.92 Å². The topological polar surface area (TPSA) is 67.4 Å². The van der Waals surface area contributed by atoms with Gasteiger partial charge in [-0.05, 0) is 25.5 Å². The van der Waals surface area contributed by atoms with Gasteiger partial charge in [0.2, 0.25) is 5.91 Å². The molecule has 2 N–H and O–H groups in total. The number of unbranched alkanes of at least 4 members (excludes halogenated alkanes) is 1. The Morgan fingerprint density at radius 3 is 2.35 bits per heavy atom. The first-order valence-corrected chi connectivity index (χ1v) is 7.48.